The molecule has 1 aromatic heterocycles. The van der Waals surface area contributed by atoms with E-state index in [1.807, 2.05) is 38.3 Å². The molecule has 42 heavy (non-hydrogen) atoms. The van der Waals surface area contributed by atoms with E-state index in [0.29, 0.717) is 52.8 Å². The second-order valence-electron chi connectivity index (χ2n) is 10.4. The van der Waals surface area contributed by atoms with Gasteiger partial charge in [-0.2, -0.15) is 0 Å². The summed E-state index contributed by atoms with van der Waals surface area (Å²) in [6.45, 7) is 7.27. The van der Waals surface area contributed by atoms with Crippen LogP contribution in [0.3, 0.4) is 0 Å². The SMILES string of the molecule is CC[C@H](C)[C@H](Nc1ccc2c(cc1=O)[C@H](NC(C)=O)CCc1cc(OC)c(OC)c(OC)c1-2)C(=O)Nc1nc(C)cs1. The van der Waals surface area contributed by atoms with Gasteiger partial charge in [0.15, 0.2) is 16.6 Å². The normalized spacial score (nSPS) is 15.3. The summed E-state index contributed by atoms with van der Waals surface area (Å²) >= 11 is 1.35. The smallest absolute Gasteiger partial charge is 0.248 e. The first-order valence-corrected chi connectivity index (χ1v) is 14.8. The minimum atomic E-state index is -0.688. The highest BCUT2D eigenvalue weighted by Crippen LogP contribution is 2.50. The monoisotopic (exact) mass is 594 g/mol. The highest BCUT2D eigenvalue weighted by atomic mass is 32.1. The Morgan fingerprint density at radius 2 is 1.86 bits per heavy atom. The van der Waals surface area contributed by atoms with E-state index in [0.717, 1.165) is 16.8 Å². The summed E-state index contributed by atoms with van der Waals surface area (Å²) in [5, 5.41) is 11.5. The Balaban J connectivity index is 1.87. The molecule has 2 amide bonds. The minimum Gasteiger partial charge on any atom is -0.493 e. The molecule has 0 unspecified atom stereocenters. The summed E-state index contributed by atoms with van der Waals surface area (Å²) in [7, 11) is 4.66. The molecule has 0 fully saturated rings. The zero-order valence-electron chi connectivity index (χ0n) is 25.0. The van der Waals surface area contributed by atoms with Crippen molar-refractivity contribution in [1.82, 2.24) is 10.3 Å². The number of carbonyl (C=O) groups is 2. The van der Waals surface area contributed by atoms with Gasteiger partial charge >= 0.3 is 0 Å². The zero-order valence-corrected chi connectivity index (χ0v) is 25.9. The molecule has 224 valence electrons. The number of nitrogens with one attached hydrogen (secondary N) is 3. The second-order valence-corrected chi connectivity index (χ2v) is 11.2. The molecule has 3 aromatic rings. The van der Waals surface area contributed by atoms with Gasteiger partial charge < -0.3 is 30.2 Å². The molecular formula is C31H38N4O6S. The maximum absolute atomic E-state index is 13.8. The first kappa shape index (κ1) is 30.8. The van der Waals surface area contributed by atoms with E-state index in [4.69, 9.17) is 14.2 Å². The molecule has 0 saturated heterocycles. The van der Waals surface area contributed by atoms with Gasteiger partial charge in [0.2, 0.25) is 23.0 Å². The zero-order chi connectivity index (χ0) is 30.6. The van der Waals surface area contributed by atoms with Gasteiger partial charge in [-0.05, 0) is 60.6 Å². The van der Waals surface area contributed by atoms with Crippen LogP contribution in [0.25, 0.3) is 11.1 Å². The van der Waals surface area contributed by atoms with Gasteiger partial charge in [-0.3, -0.25) is 14.4 Å². The van der Waals surface area contributed by atoms with Crippen LogP contribution in [-0.2, 0) is 16.0 Å². The van der Waals surface area contributed by atoms with E-state index in [-0.39, 0.29) is 28.8 Å². The van der Waals surface area contributed by atoms with Gasteiger partial charge in [-0.15, -0.1) is 11.3 Å². The van der Waals surface area contributed by atoms with Gasteiger partial charge in [0.1, 0.15) is 6.04 Å². The first-order chi connectivity index (χ1) is 20.1. The lowest BCUT2D eigenvalue weighted by atomic mass is 9.95. The van der Waals surface area contributed by atoms with Crippen LogP contribution in [0.5, 0.6) is 17.2 Å². The summed E-state index contributed by atoms with van der Waals surface area (Å²) in [4.78, 5) is 43.7. The molecule has 10 nitrogen and oxygen atoms in total. The Labute approximate surface area is 249 Å². The Hall–Kier alpha value is -4.12. The number of benzene rings is 1. The summed E-state index contributed by atoms with van der Waals surface area (Å²) in [6.07, 6.45) is 1.86. The van der Waals surface area contributed by atoms with Gasteiger partial charge in [-0.25, -0.2) is 4.98 Å². The van der Waals surface area contributed by atoms with Crippen molar-refractivity contribution < 1.29 is 23.8 Å². The highest BCUT2D eigenvalue weighted by Gasteiger charge is 2.30. The number of carbonyl (C=O) groups excluding carboxylic acids is 2. The molecule has 0 saturated carbocycles. The molecule has 1 aliphatic rings. The number of hydrogen-bond donors (Lipinski definition) is 3. The van der Waals surface area contributed by atoms with Crippen molar-refractivity contribution in [3.63, 3.8) is 0 Å². The number of rotatable bonds is 10. The molecular weight excluding hydrogens is 556 g/mol. The molecule has 11 heteroatoms. The van der Waals surface area contributed by atoms with Crippen LogP contribution in [-0.4, -0.2) is 44.2 Å². The molecule has 1 aliphatic carbocycles. The number of fused-ring (bicyclic) bond motifs is 3. The molecule has 0 bridgehead atoms. The summed E-state index contributed by atoms with van der Waals surface area (Å²) < 4.78 is 17.1. The molecule has 3 atom stereocenters. The van der Waals surface area contributed by atoms with E-state index in [9.17, 15) is 14.4 Å². The number of methoxy groups -OCH3 is 3. The summed E-state index contributed by atoms with van der Waals surface area (Å²) in [6, 6.07) is 5.85. The lowest BCUT2D eigenvalue weighted by molar-refractivity contribution is -0.120. The highest BCUT2D eigenvalue weighted by molar-refractivity contribution is 7.13. The van der Waals surface area contributed by atoms with Crippen molar-refractivity contribution in [2.45, 2.75) is 59.0 Å². The Morgan fingerprint density at radius 1 is 1.12 bits per heavy atom. The van der Waals surface area contributed by atoms with E-state index in [1.54, 1.807) is 33.5 Å². The first-order valence-electron chi connectivity index (χ1n) is 13.9. The standard InChI is InChI=1S/C31H38N4O6S/c1-8-16(2)27(30(38)35-31-32-17(3)15-42-31)34-23-12-10-20-21(14-24(23)37)22(33-18(4)36)11-9-19-13-25(39-5)28(40-6)29(41-7)26(19)20/h10,12-16,22,27H,8-9,11H2,1-7H3,(H,33,36)(H,34,37)(H,32,35,38)/t16-,22+,27-/m0/s1. The Bertz CT molecular complexity index is 1540. The van der Waals surface area contributed by atoms with Crippen LogP contribution in [0.1, 0.15) is 56.5 Å². The van der Waals surface area contributed by atoms with Crippen molar-refractivity contribution in [2.75, 3.05) is 32.0 Å². The topological polar surface area (TPSA) is 128 Å². The van der Waals surface area contributed by atoms with Crippen LogP contribution in [0.15, 0.2) is 34.4 Å². The number of nitrogens with zero attached hydrogens (tertiary/aromatic N) is 1. The van der Waals surface area contributed by atoms with Gasteiger partial charge in [0.25, 0.3) is 0 Å². The van der Waals surface area contributed by atoms with Crippen molar-refractivity contribution >= 4 is 34.0 Å². The number of aromatic nitrogens is 1. The number of ether oxygens (including phenoxy) is 3. The predicted octanol–water partition coefficient (Wildman–Crippen LogP) is 5.09. The maximum atomic E-state index is 13.8. The fourth-order valence-electron chi connectivity index (χ4n) is 5.29. The van der Waals surface area contributed by atoms with Crippen molar-refractivity contribution in [1.29, 1.82) is 0 Å². The van der Waals surface area contributed by atoms with E-state index in [2.05, 4.69) is 20.9 Å². The van der Waals surface area contributed by atoms with E-state index in [1.165, 1.54) is 18.3 Å². The number of aryl methyl sites for hydroxylation is 2. The van der Waals surface area contributed by atoms with E-state index >= 15 is 0 Å². The molecule has 0 aliphatic heterocycles. The van der Waals surface area contributed by atoms with Crippen LogP contribution in [0.4, 0.5) is 10.8 Å². The lowest BCUT2D eigenvalue weighted by Crippen LogP contribution is -2.40. The number of hydrogen-bond acceptors (Lipinski definition) is 9. The third-order valence-corrected chi connectivity index (χ3v) is 8.45. The average Bonchev–Trinajstić information content (AvgIpc) is 3.23. The minimum absolute atomic E-state index is 0.0848. The Morgan fingerprint density at radius 3 is 2.45 bits per heavy atom. The summed E-state index contributed by atoms with van der Waals surface area (Å²) in [5.74, 6) is 0.866. The summed E-state index contributed by atoms with van der Waals surface area (Å²) in [5.41, 5.74) is 3.84. The fourth-order valence-corrected chi connectivity index (χ4v) is 5.98. The second kappa shape index (κ2) is 13.2. The van der Waals surface area contributed by atoms with Crippen LogP contribution in [0.2, 0.25) is 0 Å². The van der Waals surface area contributed by atoms with Crippen molar-refractivity contribution in [3.05, 3.63) is 56.7 Å². The molecule has 3 N–H and O–H groups in total. The van der Waals surface area contributed by atoms with Crippen molar-refractivity contribution in [2.24, 2.45) is 5.92 Å². The molecule has 0 radical (unpaired) electrons. The Kier molecular flexibility index (Phi) is 9.72. The lowest BCUT2D eigenvalue weighted by Gasteiger charge is -2.23. The van der Waals surface area contributed by atoms with Crippen molar-refractivity contribution in [3.8, 4) is 28.4 Å². The number of anilines is 2. The maximum Gasteiger partial charge on any atom is 0.248 e. The predicted molar refractivity (Wildman–Crippen MR) is 165 cm³/mol. The van der Waals surface area contributed by atoms with Crippen LogP contribution >= 0.6 is 11.3 Å². The molecule has 4 rings (SSSR count). The van der Waals surface area contributed by atoms with Gasteiger partial charge in [0.05, 0.1) is 38.8 Å². The molecule has 1 heterocycles. The van der Waals surface area contributed by atoms with E-state index < -0.39 is 12.1 Å². The number of amides is 2. The largest absolute Gasteiger partial charge is 0.493 e. The van der Waals surface area contributed by atoms with Gasteiger partial charge in [0, 0.05) is 17.9 Å². The van der Waals surface area contributed by atoms with Gasteiger partial charge in [-0.1, -0.05) is 26.3 Å². The third kappa shape index (κ3) is 6.35. The quantitative estimate of drug-likeness (QED) is 0.296. The fraction of sp³-hybridized carbons (Fsp3) is 0.419. The molecule has 0 spiro atoms. The number of thiazole rings is 1. The van der Waals surface area contributed by atoms with Crippen LogP contribution in [0, 0.1) is 12.8 Å². The average molecular weight is 595 g/mol. The third-order valence-electron chi connectivity index (χ3n) is 7.57. The van der Waals surface area contributed by atoms with Crippen LogP contribution < -0.4 is 35.6 Å². The molecule has 2 aromatic carbocycles.